The van der Waals surface area contributed by atoms with E-state index in [4.69, 9.17) is 16.0 Å². The molecular weight excluding hydrogens is 250 g/mol. The first-order valence-electron chi connectivity index (χ1n) is 4.27. The van der Waals surface area contributed by atoms with Crippen LogP contribution < -0.4 is 0 Å². The Kier molecular flexibility index (Phi) is 2.26. The minimum atomic E-state index is 0.147. The van der Waals surface area contributed by atoms with Crippen LogP contribution in [-0.4, -0.2) is 24.9 Å². The molecule has 0 spiro atoms. The maximum atomic E-state index is 5.78. The summed E-state index contributed by atoms with van der Waals surface area (Å²) in [5, 5.41) is 1.27. The number of imidazole rings is 1. The minimum Gasteiger partial charge on any atom is -0.440 e. The summed E-state index contributed by atoms with van der Waals surface area (Å²) in [5.74, 6) is 0. The molecule has 0 saturated carbocycles. The number of oxazole rings is 1. The van der Waals surface area contributed by atoms with Crippen LogP contribution in [0, 0.1) is 0 Å². The molecule has 3 aromatic rings. The van der Waals surface area contributed by atoms with E-state index in [-0.39, 0.29) is 5.28 Å². The van der Waals surface area contributed by atoms with Crippen molar-refractivity contribution in [3.63, 3.8) is 0 Å². The van der Waals surface area contributed by atoms with Crippen molar-refractivity contribution in [1.82, 2.24) is 24.9 Å². The molecule has 0 bridgehead atoms. The Hall–Kier alpha value is -1.60. The molecule has 0 aliphatic rings. The molecule has 1 N–H and O–H groups in total. The zero-order chi connectivity index (χ0) is 11.0. The van der Waals surface area contributed by atoms with Crippen molar-refractivity contribution in [3.8, 4) is 0 Å². The van der Waals surface area contributed by atoms with E-state index in [0.29, 0.717) is 21.4 Å². The molecule has 0 aromatic carbocycles. The predicted molar refractivity (Wildman–Crippen MR) is 57.3 cm³/mol. The molecule has 0 unspecified atom stereocenters. The average molecular weight is 254 g/mol. The van der Waals surface area contributed by atoms with E-state index in [1.807, 2.05) is 0 Å². The number of hydrogen-bond acceptors (Lipinski definition) is 6. The number of fused-ring (bicyclic) bond motifs is 1. The first-order chi connectivity index (χ1) is 7.83. The second-order valence-corrected chi connectivity index (χ2v) is 4.08. The first kappa shape index (κ1) is 9.61. The van der Waals surface area contributed by atoms with Crippen LogP contribution in [0.2, 0.25) is 5.28 Å². The SMILES string of the molecule is Clc1nc(Sc2ncco2)c2[nH]cnc2n1. The minimum absolute atomic E-state index is 0.147. The van der Waals surface area contributed by atoms with Crippen molar-refractivity contribution in [2.45, 2.75) is 10.2 Å². The molecule has 0 aliphatic carbocycles. The summed E-state index contributed by atoms with van der Waals surface area (Å²) in [4.78, 5) is 19.0. The predicted octanol–water partition coefficient (Wildman–Crippen LogP) is 2.15. The van der Waals surface area contributed by atoms with Gasteiger partial charge in [0.25, 0.3) is 5.22 Å². The molecule has 0 atom stereocenters. The van der Waals surface area contributed by atoms with E-state index < -0.39 is 0 Å². The molecule has 6 nitrogen and oxygen atoms in total. The lowest BCUT2D eigenvalue weighted by molar-refractivity contribution is 0.454. The van der Waals surface area contributed by atoms with E-state index in [1.54, 1.807) is 6.20 Å². The quantitative estimate of drug-likeness (QED) is 0.557. The Balaban J connectivity index is 2.11. The molecule has 0 radical (unpaired) electrons. The average Bonchev–Trinajstić information content (AvgIpc) is 2.87. The number of nitrogens with one attached hydrogen (secondary N) is 1. The second kappa shape index (κ2) is 3.76. The first-order valence-corrected chi connectivity index (χ1v) is 5.46. The molecule has 80 valence electrons. The Morgan fingerprint density at radius 3 is 3.06 bits per heavy atom. The van der Waals surface area contributed by atoms with Gasteiger partial charge in [-0.05, 0) is 23.4 Å². The van der Waals surface area contributed by atoms with Gasteiger partial charge in [-0.15, -0.1) is 0 Å². The van der Waals surface area contributed by atoms with Crippen molar-refractivity contribution < 1.29 is 4.42 Å². The van der Waals surface area contributed by atoms with Crippen LogP contribution in [0.1, 0.15) is 0 Å². The summed E-state index contributed by atoms with van der Waals surface area (Å²) in [6.45, 7) is 0. The lowest BCUT2D eigenvalue weighted by Crippen LogP contribution is -1.88. The summed E-state index contributed by atoms with van der Waals surface area (Å²) < 4.78 is 5.12. The smallest absolute Gasteiger partial charge is 0.262 e. The molecule has 0 saturated heterocycles. The van der Waals surface area contributed by atoms with Crippen LogP contribution in [0.5, 0.6) is 0 Å². The lowest BCUT2D eigenvalue weighted by Gasteiger charge is -1.98. The van der Waals surface area contributed by atoms with E-state index in [1.165, 1.54) is 24.4 Å². The van der Waals surface area contributed by atoms with Crippen LogP contribution in [0.3, 0.4) is 0 Å². The fraction of sp³-hybridized carbons (Fsp3) is 0. The highest BCUT2D eigenvalue weighted by Crippen LogP contribution is 2.29. The van der Waals surface area contributed by atoms with Gasteiger partial charge in [0.05, 0.1) is 12.5 Å². The maximum absolute atomic E-state index is 5.78. The number of rotatable bonds is 2. The molecule has 8 heteroatoms. The van der Waals surface area contributed by atoms with Gasteiger partial charge in [-0.2, -0.15) is 4.98 Å². The summed E-state index contributed by atoms with van der Waals surface area (Å²) in [5.41, 5.74) is 1.24. The lowest BCUT2D eigenvalue weighted by atomic mass is 10.6. The number of H-pyrrole nitrogens is 1. The number of aromatic amines is 1. The van der Waals surface area contributed by atoms with Crippen LogP contribution in [0.15, 0.2) is 33.5 Å². The highest BCUT2D eigenvalue weighted by molar-refractivity contribution is 7.99. The molecule has 3 aromatic heterocycles. The third-order valence-corrected chi connectivity index (χ3v) is 2.85. The maximum Gasteiger partial charge on any atom is 0.262 e. The van der Waals surface area contributed by atoms with Gasteiger partial charge in [-0.25, -0.2) is 15.0 Å². The molecule has 3 heterocycles. The van der Waals surface area contributed by atoms with Gasteiger partial charge < -0.3 is 9.40 Å². The van der Waals surface area contributed by atoms with Crippen molar-refractivity contribution >= 4 is 34.5 Å². The van der Waals surface area contributed by atoms with Gasteiger partial charge in [0.2, 0.25) is 5.28 Å². The van der Waals surface area contributed by atoms with Gasteiger partial charge in [0, 0.05) is 0 Å². The number of hydrogen-bond donors (Lipinski definition) is 1. The summed E-state index contributed by atoms with van der Waals surface area (Å²) >= 11 is 7.04. The normalized spacial score (nSPS) is 11.1. The van der Waals surface area contributed by atoms with Crippen LogP contribution in [0.4, 0.5) is 0 Å². The zero-order valence-corrected chi connectivity index (χ0v) is 9.29. The highest BCUT2D eigenvalue weighted by atomic mass is 35.5. The summed E-state index contributed by atoms with van der Waals surface area (Å²) in [6, 6.07) is 0. The third-order valence-electron chi connectivity index (χ3n) is 1.82. The molecule has 16 heavy (non-hydrogen) atoms. The Morgan fingerprint density at radius 2 is 2.25 bits per heavy atom. The van der Waals surface area contributed by atoms with Gasteiger partial charge in [-0.1, -0.05) is 0 Å². The van der Waals surface area contributed by atoms with Crippen LogP contribution in [0.25, 0.3) is 11.2 Å². The zero-order valence-electron chi connectivity index (χ0n) is 7.72. The van der Waals surface area contributed by atoms with E-state index in [0.717, 1.165) is 0 Å². The molecule has 0 aliphatic heterocycles. The monoisotopic (exact) mass is 253 g/mol. The van der Waals surface area contributed by atoms with Crippen molar-refractivity contribution in [3.05, 3.63) is 24.1 Å². The largest absolute Gasteiger partial charge is 0.440 e. The Bertz CT molecular complexity index is 622. The van der Waals surface area contributed by atoms with Crippen molar-refractivity contribution in [2.24, 2.45) is 0 Å². The van der Waals surface area contributed by atoms with Crippen LogP contribution in [-0.2, 0) is 0 Å². The van der Waals surface area contributed by atoms with Gasteiger partial charge in [0.1, 0.15) is 16.8 Å². The fourth-order valence-corrected chi connectivity index (χ4v) is 2.18. The molecule has 3 rings (SSSR count). The van der Waals surface area contributed by atoms with Gasteiger partial charge >= 0.3 is 0 Å². The standard InChI is InChI=1S/C8H4ClN5OS/c9-7-13-5-4(11-3-12-5)6(14-7)16-8-10-1-2-15-8/h1-3H,(H,11,12,13,14). The Labute approximate surface area is 98.5 Å². The van der Waals surface area contributed by atoms with Gasteiger partial charge in [0.15, 0.2) is 5.65 Å². The number of aromatic nitrogens is 5. The topological polar surface area (TPSA) is 80.5 Å². The summed E-state index contributed by atoms with van der Waals surface area (Å²) in [7, 11) is 0. The Morgan fingerprint density at radius 1 is 1.31 bits per heavy atom. The van der Waals surface area contributed by atoms with E-state index in [9.17, 15) is 0 Å². The third kappa shape index (κ3) is 1.63. The molecule has 0 fully saturated rings. The number of nitrogens with zero attached hydrogens (tertiary/aromatic N) is 4. The van der Waals surface area contributed by atoms with Crippen molar-refractivity contribution in [1.29, 1.82) is 0 Å². The van der Waals surface area contributed by atoms with Crippen LogP contribution >= 0.6 is 23.4 Å². The van der Waals surface area contributed by atoms with E-state index in [2.05, 4.69) is 24.9 Å². The van der Waals surface area contributed by atoms with Crippen molar-refractivity contribution in [2.75, 3.05) is 0 Å². The summed E-state index contributed by atoms with van der Waals surface area (Å²) in [6.07, 6.45) is 4.60. The fourth-order valence-electron chi connectivity index (χ4n) is 1.20. The van der Waals surface area contributed by atoms with Gasteiger partial charge in [-0.3, -0.25) is 0 Å². The molecule has 0 amide bonds. The molecular formula is C8H4ClN5OS. The second-order valence-electron chi connectivity index (χ2n) is 2.80. The number of halogens is 1. The highest BCUT2D eigenvalue weighted by Gasteiger charge is 2.12. The van der Waals surface area contributed by atoms with E-state index >= 15 is 0 Å².